The van der Waals surface area contributed by atoms with Gasteiger partial charge in [0.2, 0.25) is 0 Å². The number of hydrogen-bond donors (Lipinski definition) is 0. The molecule has 0 saturated carbocycles. The predicted octanol–water partition coefficient (Wildman–Crippen LogP) is 3.45. The van der Waals surface area contributed by atoms with E-state index in [-0.39, 0.29) is 22.9 Å². The standard InChI is InChI=1S/C15H11ClN2O2/c1-2-20-15(19)12-8-11(9-17)14(16)18-13(12)10-6-4-3-5-7-10/h3-8H,2H2,1H3. The summed E-state index contributed by atoms with van der Waals surface area (Å²) in [6, 6.07) is 12.5. The molecule has 0 aliphatic carbocycles. The number of ether oxygens (including phenoxy) is 1. The average Bonchev–Trinajstić information content (AvgIpc) is 2.48. The van der Waals surface area contributed by atoms with Gasteiger partial charge in [-0.2, -0.15) is 5.26 Å². The van der Waals surface area contributed by atoms with Crippen LogP contribution in [0.4, 0.5) is 0 Å². The number of aromatic nitrogens is 1. The highest BCUT2D eigenvalue weighted by atomic mass is 35.5. The summed E-state index contributed by atoms with van der Waals surface area (Å²) in [5, 5.41) is 9.06. The summed E-state index contributed by atoms with van der Waals surface area (Å²) in [6.07, 6.45) is 0. The second-order valence-corrected chi connectivity index (χ2v) is 4.28. The zero-order valence-corrected chi connectivity index (χ0v) is 11.5. The summed E-state index contributed by atoms with van der Waals surface area (Å²) in [5.41, 5.74) is 1.53. The van der Waals surface area contributed by atoms with Crippen molar-refractivity contribution in [2.45, 2.75) is 6.92 Å². The molecule has 4 nitrogen and oxygen atoms in total. The van der Waals surface area contributed by atoms with Crippen LogP contribution in [0.2, 0.25) is 5.15 Å². The Hall–Kier alpha value is -2.38. The van der Waals surface area contributed by atoms with Crippen LogP contribution in [-0.4, -0.2) is 17.6 Å². The summed E-state index contributed by atoms with van der Waals surface area (Å²) in [6.45, 7) is 1.96. The van der Waals surface area contributed by atoms with Gasteiger partial charge in [-0.1, -0.05) is 41.9 Å². The summed E-state index contributed by atoms with van der Waals surface area (Å²) >= 11 is 5.95. The van der Waals surface area contributed by atoms with Gasteiger partial charge in [-0.3, -0.25) is 0 Å². The van der Waals surface area contributed by atoms with E-state index in [4.69, 9.17) is 21.6 Å². The minimum Gasteiger partial charge on any atom is -0.462 e. The molecule has 0 radical (unpaired) electrons. The smallest absolute Gasteiger partial charge is 0.340 e. The molecule has 1 aromatic heterocycles. The molecule has 0 amide bonds. The van der Waals surface area contributed by atoms with Gasteiger partial charge in [0, 0.05) is 5.56 Å². The second-order valence-electron chi connectivity index (χ2n) is 3.92. The van der Waals surface area contributed by atoms with Crippen LogP contribution < -0.4 is 0 Å². The van der Waals surface area contributed by atoms with Crippen molar-refractivity contribution in [1.29, 1.82) is 5.26 Å². The lowest BCUT2D eigenvalue weighted by atomic mass is 10.0. The Morgan fingerprint density at radius 1 is 1.40 bits per heavy atom. The molecule has 1 heterocycles. The van der Waals surface area contributed by atoms with Gasteiger partial charge < -0.3 is 4.74 Å². The van der Waals surface area contributed by atoms with Crippen molar-refractivity contribution in [3.05, 3.63) is 52.7 Å². The van der Waals surface area contributed by atoms with Gasteiger partial charge in [0.25, 0.3) is 0 Å². The van der Waals surface area contributed by atoms with E-state index in [2.05, 4.69) is 4.98 Å². The molecule has 0 fully saturated rings. The third kappa shape index (κ3) is 2.79. The van der Waals surface area contributed by atoms with Gasteiger partial charge in [0.05, 0.1) is 23.4 Å². The first kappa shape index (κ1) is 14.0. The van der Waals surface area contributed by atoms with Crippen LogP contribution in [0.25, 0.3) is 11.3 Å². The van der Waals surface area contributed by atoms with E-state index >= 15 is 0 Å². The largest absolute Gasteiger partial charge is 0.462 e. The minimum absolute atomic E-state index is 0.0689. The zero-order valence-electron chi connectivity index (χ0n) is 10.8. The van der Waals surface area contributed by atoms with Crippen molar-refractivity contribution in [2.75, 3.05) is 6.61 Å². The van der Waals surface area contributed by atoms with Crippen molar-refractivity contribution in [2.24, 2.45) is 0 Å². The lowest BCUT2D eigenvalue weighted by molar-refractivity contribution is 0.0527. The van der Waals surface area contributed by atoms with Crippen LogP contribution >= 0.6 is 11.6 Å². The molecular weight excluding hydrogens is 276 g/mol. The number of carbonyl (C=O) groups excluding carboxylic acids is 1. The molecule has 0 atom stereocenters. The average molecular weight is 287 g/mol. The maximum Gasteiger partial charge on any atom is 0.340 e. The number of carbonyl (C=O) groups is 1. The molecule has 100 valence electrons. The minimum atomic E-state index is -0.521. The molecule has 0 bridgehead atoms. The Morgan fingerprint density at radius 3 is 2.70 bits per heavy atom. The normalized spacial score (nSPS) is 9.85. The fourth-order valence-corrected chi connectivity index (χ4v) is 1.93. The maximum atomic E-state index is 12.0. The van der Waals surface area contributed by atoms with Crippen LogP contribution in [0.3, 0.4) is 0 Å². The molecule has 2 aromatic rings. The fourth-order valence-electron chi connectivity index (χ4n) is 1.75. The molecule has 20 heavy (non-hydrogen) atoms. The lowest BCUT2D eigenvalue weighted by Gasteiger charge is -2.09. The van der Waals surface area contributed by atoms with Crippen LogP contribution in [0.1, 0.15) is 22.8 Å². The molecule has 1 aromatic carbocycles. The number of nitriles is 1. The van der Waals surface area contributed by atoms with E-state index < -0.39 is 5.97 Å². The van der Waals surface area contributed by atoms with E-state index in [1.807, 2.05) is 36.4 Å². The first-order valence-electron chi connectivity index (χ1n) is 6.00. The lowest BCUT2D eigenvalue weighted by Crippen LogP contribution is -2.08. The van der Waals surface area contributed by atoms with Gasteiger partial charge >= 0.3 is 5.97 Å². The van der Waals surface area contributed by atoms with Crippen molar-refractivity contribution in [3.63, 3.8) is 0 Å². The highest BCUT2D eigenvalue weighted by Gasteiger charge is 2.18. The molecule has 0 N–H and O–H groups in total. The Balaban J connectivity index is 2.63. The number of benzene rings is 1. The molecule has 5 heteroatoms. The van der Waals surface area contributed by atoms with Gasteiger partial charge in [-0.25, -0.2) is 9.78 Å². The third-order valence-corrected chi connectivity index (χ3v) is 2.93. The van der Waals surface area contributed by atoms with Gasteiger partial charge in [-0.05, 0) is 13.0 Å². The Bertz CT molecular complexity index is 678. The number of esters is 1. The van der Waals surface area contributed by atoms with Gasteiger partial charge in [0.15, 0.2) is 0 Å². The summed E-state index contributed by atoms with van der Waals surface area (Å²) in [4.78, 5) is 16.2. The summed E-state index contributed by atoms with van der Waals surface area (Å²) < 4.78 is 5.00. The highest BCUT2D eigenvalue weighted by molar-refractivity contribution is 6.30. The number of hydrogen-bond acceptors (Lipinski definition) is 4. The first-order chi connectivity index (χ1) is 9.67. The topological polar surface area (TPSA) is 63.0 Å². The van der Waals surface area contributed by atoms with E-state index in [0.717, 1.165) is 5.56 Å². The Labute approximate surface area is 121 Å². The summed E-state index contributed by atoms with van der Waals surface area (Å²) in [5.74, 6) is -0.521. The van der Waals surface area contributed by atoms with Crippen molar-refractivity contribution in [3.8, 4) is 17.3 Å². The first-order valence-corrected chi connectivity index (χ1v) is 6.38. The number of rotatable bonds is 3. The number of nitrogens with zero attached hydrogens (tertiary/aromatic N) is 2. The van der Waals surface area contributed by atoms with Crippen LogP contribution in [0, 0.1) is 11.3 Å². The molecule has 0 saturated heterocycles. The Morgan fingerprint density at radius 2 is 2.10 bits per heavy atom. The van der Waals surface area contributed by atoms with Crippen molar-refractivity contribution >= 4 is 17.6 Å². The fraction of sp³-hybridized carbons (Fsp3) is 0.133. The molecule has 0 aliphatic heterocycles. The molecule has 0 spiro atoms. The van der Waals surface area contributed by atoms with Crippen LogP contribution in [-0.2, 0) is 4.74 Å². The third-order valence-electron chi connectivity index (χ3n) is 2.64. The molecule has 0 aliphatic rings. The number of pyridine rings is 1. The number of halogens is 1. The van der Waals surface area contributed by atoms with Crippen LogP contribution in [0.5, 0.6) is 0 Å². The SMILES string of the molecule is CCOC(=O)c1cc(C#N)c(Cl)nc1-c1ccccc1. The monoisotopic (exact) mass is 286 g/mol. The van der Waals surface area contributed by atoms with E-state index in [1.54, 1.807) is 6.92 Å². The van der Waals surface area contributed by atoms with Crippen molar-refractivity contribution < 1.29 is 9.53 Å². The van der Waals surface area contributed by atoms with E-state index in [9.17, 15) is 4.79 Å². The Kier molecular flexibility index (Phi) is 4.34. The predicted molar refractivity (Wildman–Crippen MR) is 75.4 cm³/mol. The highest BCUT2D eigenvalue weighted by Crippen LogP contribution is 2.26. The molecule has 2 rings (SSSR count). The summed E-state index contributed by atoms with van der Waals surface area (Å²) in [7, 11) is 0. The van der Waals surface area contributed by atoms with Crippen molar-refractivity contribution in [1.82, 2.24) is 4.98 Å². The van der Waals surface area contributed by atoms with Gasteiger partial charge in [0.1, 0.15) is 11.2 Å². The van der Waals surface area contributed by atoms with Gasteiger partial charge in [-0.15, -0.1) is 0 Å². The zero-order chi connectivity index (χ0) is 14.5. The maximum absolute atomic E-state index is 12.0. The molecular formula is C15H11ClN2O2. The van der Waals surface area contributed by atoms with E-state index in [0.29, 0.717) is 5.69 Å². The van der Waals surface area contributed by atoms with Crippen LogP contribution in [0.15, 0.2) is 36.4 Å². The molecule has 0 unspecified atom stereocenters. The second kappa shape index (κ2) is 6.18. The quantitative estimate of drug-likeness (QED) is 0.640. The van der Waals surface area contributed by atoms with E-state index in [1.165, 1.54) is 6.07 Å².